The molecule has 0 atom stereocenters. The van der Waals surface area contributed by atoms with Crippen LogP contribution < -0.4 is 10.5 Å². The first-order valence-electron chi connectivity index (χ1n) is 4.78. The molecule has 2 aromatic rings. The van der Waals surface area contributed by atoms with Gasteiger partial charge in [0.05, 0.1) is 4.47 Å². The quantitative estimate of drug-likeness (QED) is 0.863. The maximum atomic E-state index is 8.73. The molecular formula is C12H8BrN3O. The van der Waals surface area contributed by atoms with Gasteiger partial charge < -0.3 is 10.5 Å². The molecule has 2 rings (SSSR count). The van der Waals surface area contributed by atoms with E-state index in [1.165, 1.54) is 6.20 Å². The molecule has 0 fully saturated rings. The Morgan fingerprint density at radius 2 is 2.12 bits per heavy atom. The van der Waals surface area contributed by atoms with Crippen LogP contribution in [-0.4, -0.2) is 4.98 Å². The van der Waals surface area contributed by atoms with Crippen molar-refractivity contribution in [2.45, 2.75) is 0 Å². The average Bonchev–Trinajstić information content (AvgIpc) is 2.34. The summed E-state index contributed by atoms with van der Waals surface area (Å²) in [5, 5.41) is 8.73. The van der Waals surface area contributed by atoms with E-state index in [-0.39, 0.29) is 0 Å². The number of halogens is 1. The number of hydrogen-bond acceptors (Lipinski definition) is 4. The van der Waals surface area contributed by atoms with E-state index >= 15 is 0 Å². The average molecular weight is 290 g/mol. The van der Waals surface area contributed by atoms with Crippen LogP contribution in [0.15, 0.2) is 41.0 Å². The molecule has 17 heavy (non-hydrogen) atoms. The molecule has 1 aromatic carbocycles. The van der Waals surface area contributed by atoms with Crippen LogP contribution in [0.2, 0.25) is 0 Å². The highest BCUT2D eigenvalue weighted by Gasteiger charge is 2.04. The summed E-state index contributed by atoms with van der Waals surface area (Å²) in [6.07, 6.45) is 1.52. The zero-order chi connectivity index (χ0) is 12.3. The topological polar surface area (TPSA) is 71.9 Å². The van der Waals surface area contributed by atoms with Gasteiger partial charge in [-0.2, -0.15) is 5.26 Å². The third-order valence-corrected chi connectivity index (χ3v) is 2.68. The van der Waals surface area contributed by atoms with Crippen molar-refractivity contribution < 1.29 is 4.74 Å². The van der Waals surface area contributed by atoms with Crippen molar-refractivity contribution in [3.05, 3.63) is 46.7 Å². The molecule has 0 aliphatic carbocycles. The lowest BCUT2D eigenvalue weighted by Gasteiger charge is -2.08. The molecule has 0 radical (unpaired) electrons. The van der Waals surface area contributed by atoms with Gasteiger partial charge in [-0.3, -0.25) is 0 Å². The van der Waals surface area contributed by atoms with Crippen molar-refractivity contribution in [3.63, 3.8) is 0 Å². The number of nitrogens with two attached hydrogens (primary N) is 1. The van der Waals surface area contributed by atoms with Crippen molar-refractivity contribution in [3.8, 4) is 17.6 Å². The first-order chi connectivity index (χ1) is 8.19. The number of benzene rings is 1. The predicted octanol–water partition coefficient (Wildman–Crippen LogP) is 3.09. The fourth-order valence-corrected chi connectivity index (χ4v) is 1.59. The van der Waals surface area contributed by atoms with Crippen LogP contribution in [0, 0.1) is 11.3 Å². The minimum Gasteiger partial charge on any atom is -0.456 e. The number of nitrogens with zero attached hydrogens (tertiary/aromatic N) is 2. The largest absolute Gasteiger partial charge is 0.456 e. The van der Waals surface area contributed by atoms with Crippen LogP contribution in [0.5, 0.6) is 11.5 Å². The fourth-order valence-electron chi connectivity index (χ4n) is 1.26. The first kappa shape index (κ1) is 11.4. The second kappa shape index (κ2) is 4.85. The van der Waals surface area contributed by atoms with E-state index < -0.39 is 0 Å². The van der Waals surface area contributed by atoms with Gasteiger partial charge in [-0.1, -0.05) is 0 Å². The number of nitriles is 1. The maximum absolute atomic E-state index is 8.73. The van der Waals surface area contributed by atoms with Crippen molar-refractivity contribution >= 4 is 21.6 Å². The summed E-state index contributed by atoms with van der Waals surface area (Å²) < 4.78 is 6.41. The van der Waals surface area contributed by atoms with Crippen LogP contribution >= 0.6 is 15.9 Å². The van der Waals surface area contributed by atoms with Crippen molar-refractivity contribution in [2.75, 3.05) is 5.73 Å². The molecule has 84 valence electrons. The lowest BCUT2D eigenvalue weighted by Crippen LogP contribution is -1.90. The SMILES string of the molecule is N#Cc1cc(Oc2cc(N)ccc2Br)ccn1. The second-order valence-electron chi connectivity index (χ2n) is 3.28. The van der Waals surface area contributed by atoms with Gasteiger partial charge in [0.2, 0.25) is 0 Å². The van der Waals surface area contributed by atoms with Crippen LogP contribution in [-0.2, 0) is 0 Å². The Hall–Kier alpha value is -2.06. The Labute approximate surface area is 107 Å². The molecular weight excluding hydrogens is 282 g/mol. The van der Waals surface area contributed by atoms with Gasteiger partial charge in [-0.15, -0.1) is 0 Å². The minimum absolute atomic E-state index is 0.308. The molecule has 0 aliphatic rings. The van der Waals surface area contributed by atoms with Crippen LogP contribution in [0.25, 0.3) is 0 Å². The standard InChI is InChI=1S/C12H8BrN3O/c13-11-2-1-8(15)5-12(11)17-10-3-4-16-9(6-10)7-14/h1-6H,15H2. The minimum atomic E-state index is 0.308. The number of ether oxygens (including phenoxy) is 1. The number of anilines is 1. The van der Waals surface area contributed by atoms with E-state index in [4.69, 9.17) is 15.7 Å². The Balaban J connectivity index is 2.31. The molecule has 1 heterocycles. The predicted molar refractivity (Wildman–Crippen MR) is 67.6 cm³/mol. The van der Waals surface area contributed by atoms with Gasteiger partial charge in [0, 0.05) is 24.0 Å². The third kappa shape index (κ3) is 2.74. The third-order valence-electron chi connectivity index (χ3n) is 2.03. The van der Waals surface area contributed by atoms with E-state index in [1.54, 1.807) is 30.3 Å². The highest BCUT2D eigenvalue weighted by atomic mass is 79.9. The summed E-state index contributed by atoms with van der Waals surface area (Å²) in [5.41, 5.74) is 6.59. The van der Waals surface area contributed by atoms with Gasteiger partial charge in [0.25, 0.3) is 0 Å². The molecule has 0 aliphatic heterocycles. The molecule has 1 aromatic heterocycles. The lowest BCUT2D eigenvalue weighted by molar-refractivity contribution is 0.479. The van der Waals surface area contributed by atoms with Crippen LogP contribution in [0.4, 0.5) is 5.69 Å². The summed E-state index contributed by atoms with van der Waals surface area (Å²) in [5.74, 6) is 1.14. The van der Waals surface area contributed by atoms with Crippen molar-refractivity contribution in [2.24, 2.45) is 0 Å². The van der Waals surface area contributed by atoms with E-state index in [2.05, 4.69) is 20.9 Å². The molecule has 0 bridgehead atoms. The normalized spacial score (nSPS) is 9.65. The number of pyridine rings is 1. The summed E-state index contributed by atoms with van der Waals surface area (Å²) in [6.45, 7) is 0. The Kier molecular flexibility index (Phi) is 3.26. The van der Waals surface area contributed by atoms with Gasteiger partial charge in [-0.25, -0.2) is 4.98 Å². The molecule has 0 saturated carbocycles. The highest BCUT2D eigenvalue weighted by molar-refractivity contribution is 9.10. The zero-order valence-electron chi connectivity index (χ0n) is 8.72. The molecule has 0 saturated heterocycles. The number of hydrogen-bond donors (Lipinski definition) is 1. The maximum Gasteiger partial charge on any atom is 0.144 e. The fraction of sp³-hybridized carbons (Fsp3) is 0. The van der Waals surface area contributed by atoms with Crippen LogP contribution in [0.1, 0.15) is 5.69 Å². The second-order valence-corrected chi connectivity index (χ2v) is 4.13. The molecule has 0 amide bonds. The number of nitrogen functional groups attached to an aromatic ring is 1. The van der Waals surface area contributed by atoms with Gasteiger partial charge >= 0.3 is 0 Å². The summed E-state index contributed by atoms with van der Waals surface area (Å²) >= 11 is 3.36. The number of aromatic nitrogens is 1. The summed E-state index contributed by atoms with van der Waals surface area (Å²) in [4.78, 5) is 3.86. The first-order valence-corrected chi connectivity index (χ1v) is 5.57. The summed E-state index contributed by atoms with van der Waals surface area (Å²) in [6, 6.07) is 10.5. The van der Waals surface area contributed by atoms with Crippen LogP contribution in [0.3, 0.4) is 0 Å². The molecule has 4 nitrogen and oxygen atoms in total. The Morgan fingerprint density at radius 1 is 1.29 bits per heavy atom. The Morgan fingerprint density at radius 3 is 2.88 bits per heavy atom. The highest BCUT2D eigenvalue weighted by Crippen LogP contribution is 2.31. The van der Waals surface area contributed by atoms with Gasteiger partial charge in [0.1, 0.15) is 23.3 Å². The molecule has 0 spiro atoms. The van der Waals surface area contributed by atoms with E-state index in [9.17, 15) is 0 Å². The van der Waals surface area contributed by atoms with Gasteiger partial charge in [0.15, 0.2) is 0 Å². The smallest absolute Gasteiger partial charge is 0.144 e. The number of rotatable bonds is 2. The summed E-state index contributed by atoms with van der Waals surface area (Å²) in [7, 11) is 0. The van der Waals surface area contributed by atoms with Crippen molar-refractivity contribution in [1.29, 1.82) is 5.26 Å². The van der Waals surface area contributed by atoms with E-state index in [0.717, 1.165) is 4.47 Å². The molecule has 5 heteroatoms. The lowest BCUT2D eigenvalue weighted by atomic mass is 10.3. The molecule has 2 N–H and O–H groups in total. The van der Waals surface area contributed by atoms with E-state index in [1.807, 2.05) is 6.07 Å². The Bertz CT molecular complexity index is 593. The van der Waals surface area contributed by atoms with Crippen molar-refractivity contribution in [1.82, 2.24) is 4.98 Å². The zero-order valence-corrected chi connectivity index (χ0v) is 10.3. The van der Waals surface area contributed by atoms with Gasteiger partial charge in [-0.05, 0) is 34.1 Å². The van der Waals surface area contributed by atoms with E-state index in [0.29, 0.717) is 22.9 Å². The monoisotopic (exact) mass is 289 g/mol. The molecule has 0 unspecified atom stereocenters.